The van der Waals surface area contributed by atoms with E-state index >= 15 is 0 Å². The lowest BCUT2D eigenvalue weighted by atomic mass is 10.1. The van der Waals surface area contributed by atoms with Gasteiger partial charge in [-0.05, 0) is 75.2 Å². The van der Waals surface area contributed by atoms with Gasteiger partial charge in [0.25, 0.3) is 5.91 Å². The van der Waals surface area contributed by atoms with E-state index in [0.29, 0.717) is 5.75 Å². The van der Waals surface area contributed by atoms with Crippen LogP contribution in [0, 0.1) is 6.92 Å². The third kappa shape index (κ3) is 5.68. The average Bonchev–Trinajstić information content (AvgIpc) is 3.13. The van der Waals surface area contributed by atoms with Crippen molar-refractivity contribution in [1.29, 1.82) is 0 Å². The van der Waals surface area contributed by atoms with Crippen molar-refractivity contribution in [3.63, 3.8) is 0 Å². The lowest BCUT2D eigenvalue weighted by molar-refractivity contribution is -0.118. The molecule has 1 aliphatic rings. The molecule has 6 nitrogen and oxygen atoms in total. The van der Waals surface area contributed by atoms with Gasteiger partial charge in [-0.15, -0.1) is 0 Å². The highest BCUT2D eigenvalue weighted by Crippen LogP contribution is 2.23. The fourth-order valence-corrected chi connectivity index (χ4v) is 4.31. The second-order valence-electron chi connectivity index (χ2n) is 8.73. The molecule has 1 aromatic heterocycles. The van der Waals surface area contributed by atoms with Gasteiger partial charge in [-0.3, -0.25) is 9.69 Å². The minimum atomic E-state index is -0.176. The van der Waals surface area contributed by atoms with Crippen molar-refractivity contribution in [1.82, 2.24) is 14.5 Å². The van der Waals surface area contributed by atoms with Crippen molar-refractivity contribution in [2.24, 2.45) is 0 Å². The number of imidazole rings is 1. The third-order valence-corrected chi connectivity index (χ3v) is 6.02. The van der Waals surface area contributed by atoms with Gasteiger partial charge in [0.1, 0.15) is 11.6 Å². The zero-order valence-corrected chi connectivity index (χ0v) is 19.3. The van der Waals surface area contributed by atoms with Gasteiger partial charge >= 0.3 is 0 Å². The Morgan fingerprint density at radius 2 is 1.97 bits per heavy atom. The summed E-state index contributed by atoms with van der Waals surface area (Å²) in [5.74, 6) is 1.65. The summed E-state index contributed by atoms with van der Waals surface area (Å²) in [6.45, 7) is 8.37. The van der Waals surface area contributed by atoms with E-state index in [4.69, 9.17) is 9.72 Å². The van der Waals surface area contributed by atoms with Gasteiger partial charge in [0.15, 0.2) is 6.61 Å². The number of unbranched alkanes of at least 4 members (excludes halogenated alkanes) is 1. The quantitative estimate of drug-likeness (QED) is 0.506. The number of nitrogens with zero attached hydrogens (tertiary/aromatic N) is 3. The highest BCUT2D eigenvalue weighted by molar-refractivity contribution is 5.94. The minimum absolute atomic E-state index is 0.0212. The number of piperidine rings is 1. The van der Waals surface area contributed by atoms with Gasteiger partial charge < -0.3 is 14.6 Å². The lowest BCUT2D eigenvalue weighted by Gasteiger charge is -2.26. The summed E-state index contributed by atoms with van der Waals surface area (Å²) < 4.78 is 7.98. The van der Waals surface area contributed by atoms with Crippen LogP contribution in [0.25, 0.3) is 11.0 Å². The summed E-state index contributed by atoms with van der Waals surface area (Å²) in [6.07, 6.45) is 6.16. The SMILES string of the molecule is CCCCn1c(CN2CCCCC2)nc2cc(NC(=O)COc3cccc(C)c3)ccc21. The molecule has 0 atom stereocenters. The first-order chi connectivity index (χ1) is 15.6. The molecule has 32 heavy (non-hydrogen) atoms. The zero-order valence-electron chi connectivity index (χ0n) is 19.3. The maximum Gasteiger partial charge on any atom is 0.262 e. The number of benzene rings is 2. The Morgan fingerprint density at radius 1 is 1.12 bits per heavy atom. The number of fused-ring (bicyclic) bond motifs is 1. The van der Waals surface area contributed by atoms with E-state index < -0.39 is 0 Å². The maximum atomic E-state index is 12.4. The Labute approximate surface area is 190 Å². The molecule has 1 N–H and O–H groups in total. The second-order valence-corrected chi connectivity index (χ2v) is 8.73. The molecule has 1 saturated heterocycles. The van der Waals surface area contributed by atoms with Crippen molar-refractivity contribution in [3.8, 4) is 5.75 Å². The van der Waals surface area contributed by atoms with Crippen LogP contribution in [0.5, 0.6) is 5.75 Å². The van der Waals surface area contributed by atoms with Gasteiger partial charge in [0.2, 0.25) is 0 Å². The number of hydrogen-bond donors (Lipinski definition) is 1. The molecule has 0 bridgehead atoms. The number of amides is 1. The smallest absolute Gasteiger partial charge is 0.262 e. The lowest BCUT2D eigenvalue weighted by Crippen LogP contribution is -2.30. The summed E-state index contributed by atoms with van der Waals surface area (Å²) in [5, 5.41) is 2.95. The van der Waals surface area contributed by atoms with Gasteiger partial charge in [-0.2, -0.15) is 0 Å². The molecular weight excluding hydrogens is 400 g/mol. The van der Waals surface area contributed by atoms with Gasteiger partial charge in [-0.25, -0.2) is 4.98 Å². The Bertz CT molecular complexity index is 1050. The van der Waals surface area contributed by atoms with E-state index in [1.807, 2.05) is 43.3 Å². The van der Waals surface area contributed by atoms with E-state index in [0.717, 1.165) is 67.1 Å². The normalized spacial score (nSPS) is 14.6. The fourth-order valence-electron chi connectivity index (χ4n) is 4.31. The van der Waals surface area contributed by atoms with Crippen LogP contribution < -0.4 is 10.1 Å². The van der Waals surface area contributed by atoms with Crippen LogP contribution in [0.2, 0.25) is 0 Å². The summed E-state index contributed by atoms with van der Waals surface area (Å²) >= 11 is 0. The Kier molecular flexibility index (Phi) is 7.43. The first-order valence-electron chi connectivity index (χ1n) is 11.8. The number of carbonyl (C=O) groups is 1. The monoisotopic (exact) mass is 434 g/mol. The highest BCUT2D eigenvalue weighted by Gasteiger charge is 2.17. The van der Waals surface area contributed by atoms with Gasteiger partial charge in [0.05, 0.1) is 17.6 Å². The van der Waals surface area contributed by atoms with E-state index in [1.54, 1.807) is 0 Å². The number of likely N-dealkylation sites (tertiary alicyclic amines) is 1. The summed E-state index contributed by atoms with van der Waals surface area (Å²) in [6, 6.07) is 13.7. The number of rotatable bonds is 9. The summed E-state index contributed by atoms with van der Waals surface area (Å²) in [7, 11) is 0. The van der Waals surface area contributed by atoms with E-state index in [9.17, 15) is 4.79 Å². The largest absolute Gasteiger partial charge is 0.484 e. The van der Waals surface area contributed by atoms with Crippen LogP contribution in [0.15, 0.2) is 42.5 Å². The number of carbonyl (C=O) groups excluding carboxylic acids is 1. The molecule has 1 fully saturated rings. The number of hydrogen-bond acceptors (Lipinski definition) is 4. The van der Waals surface area contributed by atoms with E-state index in [1.165, 1.54) is 19.3 Å². The first kappa shape index (κ1) is 22.3. The fraction of sp³-hybridized carbons (Fsp3) is 0.462. The van der Waals surface area contributed by atoms with Crippen LogP contribution in [0.1, 0.15) is 50.4 Å². The van der Waals surface area contributed by atoms with Crippen LogP contribution in [-0.2, 0) is 17.9 Å². The van der Waals surface area contributed by atoms with E-state index in [-0.39, 0.29) is 12.5 Å². The van der Waals surface area contributed by atoms with Crippen LogP contribution >= 0.6 is 0 Å². The van der Waals surface area contributed by atoms with Crippen molar-refractivity contribution in [2.75, 3.05) is 25.0 Å². The molecule has 0 saturated carbocycles. The average molecular weight is 435 g/mol. The van der Waals surface area contributed by atoms with Crippen molar-refractivity contribution >= 4 is 22.6 Å². The van der Waals surface area contributed by atoms with Crippen molar-refractivity contribution in [2.45, 2.75) is 59.0 Å². The molecule has 4 rings (SSSR count). The molecule has 6 heteroatoms. The molecule has 3 aromatic rings. The molecule has 0 radical (unpaired) electrons. The standard InChI is InChI=1S/C26H34N4O2/c1-3-4-15-30-24-12-11-21(27-26(31)19-32-22-10-8-9-20(2)16-22)17-23(24)28-25(30)18-29-13-6-5-7-14-29/h8-12,16-17H,3-7,13-15,18-19H2,1-2H3,(H,27,31). The molecule has 2 heterocycles. The minimum Gasteiger partial charge on any atom is -0.484 e. The highest BCUT2D eigenvalue weighted by atomic mass is 16.5. The van der Waals surface area contributed by atoms with Gasteiger partial charge in [0, 0.05) is 12.2 Å². The molecule has 1 aliphatic heterocycles. The number of nitrogens with one attached hydrogen (secondary N) is 1. The second kappa shape index (κ2) is 10.6. The van der Waals surface area contributed by atoms with Crippen molar-refractivity contribution < 1.29 is 9.53 Å². The summed E-state index contributed by atoms with van der Waals surface area (Å²) in [5.41, 5.74) is 3.93. The first-order valence-corrected chi connectivity index (χ1v) is 11.8. The Morgan fingerprint density at radius 3 is 2.75 bits per heavy atom. The van der Waals surface area contributed by atoms with Gasteiger partial charge in [-0.1, -0.05) is 31.9 Å². The number of aromatic nitrogens is 2. The number of aryl methyl sites for hydroxylation is 2. The van der Waals surface area contributed by atoms with Crippen LogP contribution in [0.4, 0.5) is 5.69 Å². The number of ether oxygens (including phenoxy) is 1. The molecule has 0 spiro atoms. The molecular formula is C26H34N4O2. The predicted octanol–water partition coefficient (Wildman–Crippen LogP) is 5.15. The molecule has 170 valence electrons. The predicted molar refractivity (Wildman–Crippen MR) is 129 cm³/mol. The topological polar surface area (TPSA) is 59.4 Å². The molecule has 1 amide bonds. The molecule has 0 unspecified atom stereocenters. The molecule has 0 aliphatic carbocycles. The third-order valence-electron chi connectivity index (χ3n) is 6.02. The molecule has 2 aromatic carbocycles. The van der Waals surface area contributed by atoms with Crippen LogP contribution in [0.3, 0.4) is 0 Å². The van der Waals surface area contributed by atoms with Crippen molar-refractivity contribution in [3.05, 3.63) is 53.9 Å². The van der Waals surface area contributed by atoms with E-state index in [2.05, 4.69) is 27.8 Å². The zero-order chi connectivity index (χ0) is 22.3. The Balaban J connectivity index is 1.46. The maximum absolute atomic E-state index is 12.4. The number of anilines is 1. The van der Waals surface area contributed by atoms with Crippen LogP contribution in [-0.4, -0.2) is 40.1 Å². The Hall–Kier alpha value is -2.86. The summed E-state index contributed by atoms with van der Waals surface area (Å²) in [4.78, 5) is 19.9.